The van der Waals surface area contributed by atoms with Crippen LogP contribution in [0, 0.1) is 5.92 Å². The number of allylic oxidation sites excluding steroid dienone is 1. The van der Waals surface area contributed by atoms with Gasteiger partial charge in [0.15, 0.2) is 0 Å². The molecule has 1 heterocycles. The first kappa shape index (κ1) is 17.3. The lowest BCUT2D eigenvalue weighted by Crippen LogP contribution is -2.23. The van der Waals surface area contributed by atoms with Crippen molar-refractivity contribution in [1.82, 2.24) is 9.78 Å². The van der Waals surface area contributed by atoms with Crippen molar-refractivity contribution >= 4 is 28.6 Å². The first-order valence-electron chi connectivity index (χ1n) is 8.34. The maximum absolute atomic E-state index is 13.2. The Labute approximate surface area is 145 Å². The molecular weight excluding hydrogens is 324 g/mol. The Morgan fingerprint density at radius 2 is 2.12 bits per heavy atom. The van der Waals surface area contributed by atoms with Crippen molar-refractivity contribution in [2.75, 3.05) is 5.32 Å². The van der Waals surface area contributed by atoms with Gasteiger partial charge in [0.2, 0.25) is 11.8 Å². The number of aryl methyl sites for hydroxylation is 1. The summed E-state index contributed by atoms with van der Waals surface area (Å²) < 4.78 is 28.3. The molecule has 1 amide bonds. The summed E-state index contributed by atoms with van der Waals surface area (Å²) in [4.78, 5) is 11.5. The Morgan fingerprint density at radius 1 is 1.40 bits per heavy atom. The highest BCUT2D eigenvalue weighted by atomic mass is 19.3. The maximum atomic E-state index is 13.2. The van der Waals surface area contributed by atoms with E-state index in [2.05, 4.69) is 17.0 Å². The van der Waals surface area contributed by atoms with E-state index in [4.69, 9.17) is 0 Å². The molecule has 0 unspecified atom stereocenters. The second kappa shape index (κ2) is 6.78. The van der Waals surface area contributed by atoms with E-state index in [1.54, 1.807) is 4.68 Å². The zero-order valence-electron chi connectivity index (χ0n) is 14.1. The number of rotatable bonds is 4. The average molecular weight is 345 g/mol. The molecule has 132 valence electrons. The molecule has 0 aliphatic heterocycles. The van der Waals surface area contributed by atoms with Gasteiger partial charge in [0.05, 0.1) is 11.2 Å². The second-order valence-electron chi connectivity index (χ2n) is 6.49. The summed E-state index contributed by atoms with van der Waals surface area (Å²) in [5.41, 5.74) is 2.37. The lowest BCUT2D eigenvalue weighted by Gasteiger charge is -2.26. The molecule has 3 rings (SSSR count). The quantitative estimate of drug-likeness (QED) is 0.827. The minimum atomic E-state index is -2.51. The summed E-state index contributed by atoms with van der Waals surface area (Å²) in [6.07, 6.45) is 5.98. The minimum Gasteiger partial charge on any atom is -0.323 e. The molecule has 2 aromatic rings. The molecular formula is C19H21F2N3O. The van der Waals surface area contributed by atoms with E-state index >= 15 is 0 Å². The summed E-state index contributed by atoms with van der Waals surface area (Å²) in [6, 6.07) is 5.56. The van der Waals surface area contributed by atoms with Gasteiger partial charge in [-0.25, -0.2) is 8.78 Å². The highest BCUT2D eigenvalue weighted by Crippen LogP contribution is 2.37. The minimum absolute atomic E-state index is 0.0529. The van der Waals surface area contributed by atoms with Gasteiger partial charge in [-0.3, -0.25) is 9.48 Å². The van der Waals surface area contributed by atoms with E-state index in [0.29, 0.717) is 18.5 Å². The molecule has 0 radical (unpaired) electrons. The second-order valence-corrected chi connectivity index (χ2v) is 6.49. The van der Waals surface area contributed by atoms with Gasteiger partial charge in [-0.05, 0) is 49.1 Å². The standard InChI is InChI=1S/C19H21F2N3O/c1-3-18(25)22-14-5-7-17-15(12-14)16(23-24(17)2)6-4-13-8-10-19(20,21)11-9-13/h3-7,12-13H,1,8-11H2,2H3,(H,22,25). The zero-order chi connectivity index (χ0) is 18.0. The number of carbonyl (C=O) groups excluding carboxylic acids is 1. The van der Waals surface area contributed by atoms with Crippen molar-refractivity contribution in [1.29, 1.82) is 0 Å². The van der Waals surface area contributed by atoms with Crippen molar-refractivity contribution in [3.63, 3.8) is 0 Å². The van der Waals surface area contributed by atoms with Gasteiger partial charge in [0.1, 0.15) is 0 Å². The van der Waals surface area contributed by atoms with Crippen LogP contribution in [0.4, 0.5) is 14.5 Å². The zero-order valence-corrected chi connectivity index (χ0v) is 14.1. The van der Waals surface area contributed by atoms with E-state index < -0.39 is 5.92 Å². The molecule has 6 heteroatoms. The highest BCUT2D eigenvalue weighted by Gasteiger charge is 2.33. The predicted molar refractivity (Wildman–Crippen MR) is 95.5 cm³/mol. The molecule has 0 spiro atoms. The number of anilines is 1. The topological polar surface area (TPSA) is 46.9 Å². The number of hydrogen-bond donors (Lipinski definition) is 1. The molecule has 1 aliphatic carbocycles. The van der Waals surface area contributed by atoms with Gasteiger partial charge in [-0.15, -0.1) is 0 Å². The summed E-state index contributed by atoms with van der Waals surface area (Å²) >= 11 is 0. The number of amides is 1. The lowest BCUT2D eigenvalue weighted by atomic mass is 9.86. The third kappa shape index (κ3) is 3.95. The Morgan fingerprint density at radius 3 is 2.80 bits per heavy atom. The normalized spacial score (nSPS) is 17.9. The van der Waals surface area contributed by atoms with Gasteiger partial charge in [-0.2, -0.15) is 5.10 Å². The predicted octanol–water partition coefficient (Wildman–Crippen LogP) is 4.54. The molecule has 1 aromatic carbocycles. The molecule has 1 aliphatic rings. The summed E-state index contributed by atoms with van der Waals surface area (Å²) in [7, 11) is 1.85. The van der Waals surface area contributed by atoms with Crippen LogP contribution < -0.4 is 5.32 Å². The third-order valence-electron chi connectivity index (χ3n) is 4.62. The third-order valence-corrected chi connectivity index (χ3v) is 4.62. The molecule has 1 aromatic heterocycles. The van der Waals surface area contributed by atoms with Gasteiger partial charge >= 0.3 is 0 Å². The maximum Gasteiger partial charge on any atom is 0.248 e. The molecule has 0 saturated heterocycles. The van der Waals surface area contributed by atoms with E-state index in [0.717, 1.165) is 16.6 Å². The van der Waals surface area contributed by atoms with Crippen LogP contribution in [0.1, 0.15) is 31.4 Å². The number of benzene rings is 1. The Hall–Kier alpha value is -2.50. The fraction of sp³-hybridized carbons (Fsp3) is 0.368. The van der Waals surface area contributed by atoms with Crippen molar-refractivity contribution < 1.29 is 13.6 Å². The van der Waals surface area contributed by atoms with Gasteiger partial charge in [0.25, 0.3) is 0 Å². The SMILES string of the molecule is C=CC(=O)Nc1ccc2c(c1)c(C=CC1CCC(F)(F)CC1)nn2C. The smallest absolute Gasteiger partial charge is 0.248 e. The number of halogens is 2. The fourth-order valence-electron chi connectivity index (χ4n) is 3.17. The van der Waals surface area contributed by atoms with Gasteiger partial charge < -0.3 is 5.32 Å². The van der Waals surface area contributed by atoms with E-state index in [9.17, 15) is 13.6 Å². The summed E-state index contributed by atoms with van der Waals surface area (Å²) in [6.45, 7) is 3.44. The molecule has 0 bridgehead atoms. The number of nitrogens with one attached hydrogen (secondary N) is 1. The number of fused-ring (bicyclic) bond motifs is 1. The van der Waals surface area contributed by atoms with Crippen LogP contribution in [0.25, 0.3) is 17.0 Å². The van der Waals surface area contributed by atoms with E-state index in [1.807, 2.05) is 37.4 Å². The number of nitrogens with zero attached hydrogens (tertiary/aromatic N) is 2. The van der Waals surface area contributed by atoms with Gasteiger partial charge in [0, 0.05) is 31.0 Å². The van der Waals surface area contributed by atoms with Crippen LogP contribution in [0.15, 0.2) is 36.9 Å². The fourth-order valence-corrected chi connectivity index (χ4v) is 3.17. The number of alkyl halides is 2. The molecule has 25 heavy (non-hydrogen) atoms. The first-order valence-corrected chi connectivity index (χ1v) is 8.34. The summed E-state index contributed by atoms with van der Waals surface area (Å²) in [5.74, 6) is -2.64. The molecule has 1 saturated carbocycles. The number of aromatic nitrogens is 2. The molecule has 4 nitrogen and oxygen atoms in total. The van der Waals surface area contributed by atoms with E-state index in [-0.39, 0.29) is 24.7 Å². The Kier molecular flexibility index (Phi) is 4.70. The van der Waals surface area contributed by atoms with Crippen LogP contribution in [-0.4, -0.2) is 21.6 Å². The number of carbonyl (C=O) groups is 1. The van der Waals surface area contributed by atoms with Crippen LogP contribution in [0.3, 0.4) is 0 Å². The number of hydrogen-bond acceptors (Lipinski definition) is 2. The monoisotopic (exact) mass is 345 g/mol. The molecule has 1 N–H and O–H groups in total. The van der Waals surface area contributed by atoms with Crippen molar-refractivity contribution in [2.24, 2.45) is 13.0 Å². The van der Waals surface area contributed by atoms with Crippen LogP contribution in [0.2, 0.25) is 0 Å². The summed E-state index contributed by atoms with van der Waals surface area (Å²) in [5, 5.41) is 8.13. The van der Waals surface area contributed by atoms with Crippen LogP contribution >= 0.6 is 0 Å². The molecule has 0 atom stereocenters. The highest BCUT2D eigenvalue weighted by molar-refractivity contribution is 6.01. The Bertz CT molecular complexity index is 829. The van der Waals surface area contributed by atoms with E-state index in [1.165, 1.54) is 6.08 Å². The van der Waals surface area contributed by atoms with Crippen LogP contribution in [0.5, 0.6) is 0 Å². The lowest BCUT2D eigenvalue weighted by molar-refractivity contribution is -0.111. The van der Waals surface area contributed by atoms with Gasteiger partial charge in [-0.1, -0.05) is 12.7 Å². The van der Waals surface area contributed by atoms with Crippen molar-refractivity contribution in [3.8, 4) is 0 Å². The largest absolute Gasteiger partial charge is 0.323 e. The van der Waals surface area contributed by atoms with Crippen molar-refractivity contribution in [2.45, 2.75) is 31.6 Å². The Balaban J connectivity index is 1.83. The first-order chi connectivity index (χ1) is 11.9. The average Bonchev–Trinajstić information content (AvgIpc) is 2.89. The van der Waals surface area contributed by atoms with Crippen molar-refractivity contribution in [3.05, 3.63) is 42.6 Å². The molecule has 1 fully saturated rings. The van der Waals surface area contributed by atoms with Crippen LogP contribution in [-0.2, 0) is 11.8 Å².